The highest BCUT2D eigenvalue weighted by molar-refractivity contribution is 9.10. The molecule has 6 heteroatoms. The Kier molecular flexibility index (Phi) is 4.28. The maximum absolute atomic E-state index is 11.1. The number of hydrogen-bond acceptors (Lipinski definition) is 3. The molecule has 0 aliphatic carbocycles. The summed E-state index contributed by atoms with van der Waals surface area (Å²) in [6, 6.07) is 11.1. The summed E-state index contributed by atoms with van der Waals surface area (Å²) in [7, 11) is 0. The molecule has 0 atom stereocenters. The molecule has 0 saturated heterocycles. The SMILES string of the molecule is N#Cc1ccc(Oc2ccc(Cl)cc2C(=O)O)cc1Br. The van der Waals surface area contributed by atoms with E-state index in [1.165, 1.54) is 12.1 Å². The van der Waals surface area contributed by atoms with Gasteiger partial charge in [-0.25, -0.2) is 4.79 Å². The normalized spacial score (nSPS) is 9.85. The molecule has 0 saturated carbocycles. The van der Waals surface area contributed by atoms with Gasteiger partial charge in [0.05, 0.1) is 5.56 Å². The fourth-order valence-electron chi connectivity index (χ4n) is 1.54. The largest absolute Gasteiger partial charge is 0.478 e. The number of nitrogens with zero attached hydrogens (tertiary/aromatic N) is 1. The molecule has 2 aromatic rings. The molecule has 1 N–H and O–H groups in total. The van der Waals surface area contributed by atoms with Crippen LogP contribution >= 0.6 is 27.5 Å². The fraction of sp³-hybridized carbons (Fsp3) is 0. The molecule has 20 heavy (non-hydrogen) atoms. The summed E-state index contributed by atoms with van der Waals surface area (Å²) in [5.74, 6) is -0.533. The van der Waals surface area contributed by atoms with Gasteiger partial charge >= 0.3 is 5.97 Å². The van der Waals surface area contributed by atoms with Crippen LogP contribution in [0.1, 0.15) is 15.9 Å². The summed E-state index contributed by atoms with van der Waals surface area (Å²) in [5.41, 5.74) is 0.435. The Balaban J connectivity index is 2.38. The summed E-state index contributed by atoms with van der Waals surface area (Å²) in [6.45, 7) is 0. The first-order chi connectivity index (χ1) is 9.51. The molecule has 0 bridgehead atoms. The Morgan fingerprint density at radius 1 is 1.30 bits per heavy atom. The number of carboxylic acids is 1. The second kappa shape index (κ2) is 5.95. The summed E-state index contributed by atoms with van der Waals surface area (Å²) in [6.07, 6.45) is 0. The topological polar surface area (TPSA) is 70.3 Å². The van der Waals surface area contributed by atoms with Gasteiger partial charge < -0.3 is 9.84 Å². The van der Waals surface area contributed by atoms with Gasteiger partial charge in [-0.1, -0.05) is 11.6 Å². The van der Waals surface area contributed by atoms with Crippen LogP contribution in [0, 0.1) is 11.3 Å². The van der Waals surface area contributed by atoms with Crippen molar-refractivity contribution in [2.24, 2.45) is 0 Å². The lowest BCUT2D eigenvalue weighted by atomic mass is 10.2. The standard InChI is InChI=1S/C14H7BrClNO3/c15-12-6-10(3-1-8(12)7-17)20-13-4-2-9(16)5-11(13)14(18)19/h1-6H,(H,18,19). The summed E-state index contributed by atoms with van der Waals surface area (Å²) in [5, 5.41) is 18.3. The van der Waals surface area contributed by atoms with Crippen molar-refractivity contribution in [3.05, 3.63) is 57.0 Å². The second-order valence-corrected chi connectivity index (χ2v) is 5.09. The number of hydrogen-bond donors (Lipinski definition) is 1. The molecule has 100 valence electrons. The number of aromatic carboxylic acids is 1. The molecule has 0 fully saturated rings. The molecule has 0 unspecified atom stereocenters. The van der Waals surface area contributed by atoms with E-state index in [9.17, 15) is 4.79 Å². The van der Waals surface area contributed by atoms with Crippen molar-refractivity contribution in [1.29, 1.82) is 5.26 Å². The molecule has 0 radical (unpaired) electrons. The van der Waals surface area contributed by atoms with Crippen LogP contribution in [0.2, 0.25) is 5.02 Å². The second-order valence-electron chi connectivity index (χ2n) is 3.80. The number of rotatable bonds is 3. The monoisotopic (exact) mass is 351 g/mol. The Hall–Kier alpha value is -2.03. The van der Waals surface area contributed by atoms with E-state index in [-0.39, 0.29) is 11.3 Å². The van der Waals surface area contributed by atoms with E-state index < -0.39 is 5.97 Å². The van der Waals surface area contributed by atoms with Crippen LogP contribution in [-0.2, 0) is 0 Å². The third-order valence-electron chi connectivity index (χ3n) is 2.46. The number of carboxylic acid groups (broad SMARTS) is 1. The molecule has 0 aromatic heterocycles. The highest BCUT2D eigenvalue weighted by atomic mass is 79.9. The first-order valence-corrected chi connectivity index (χ1v) is 6.58. The van der Waals surface area contributed by atoms with Gasteiger partial charge in [0.1, 0.15) is 23.1 Å². The summed E-state index contributed by atoms with van der Waals surface area (Å²) in [4.78, 5) is 11.1. The van der Waals surface area contributed by atoms with E-state index in [2.05, 4.69) is 15.9 Å². The zero-order chi connectivity index (χ0) is 14.7. The van der Waals surface area contributed by atoms with E-state index in [1.807, 2.05) is 6.07 Å². The van der Waals surface area contributed by atoms with E-state index in [4.69, 9.17) is 26.7 Å². The van der Waals surface area contributed by atoms with E-state index in [0.717, 1.165) is 0 Å². The molecular weight excluding hydrogens is 346 g/mol. The van der Waals surface area contributed by atoms with Gasteiger partial charge in [0.2, 0.25) is 0 Å². The van der Waals surface area contributed by atoms with Crippen LogP contribution in [0.3, 0.4) is 0 Å². The number of carbonyl (C=O) groups is 1. The highest BCUT2D eigenvalue weighted by Gasteiger charge is 2.13. The number of ether oxygens (including phenoxy) is 1. The number of benzene rings is 2. The first kappa shape index (κ1) is 14.4. The maximum Gasteiger partial charge on any atom is 0.339 e. The van der Waals surface area contributed by atoms with Crippen LogP contribution in [0.5, 0.6) is 11.5 Å². The van der Waals surface area contributed by atoms with Gasteiger partial charge in [-0.2, -0.15) is 5.26 Å². The van der Waals surface area contributed by atoms with Crippen LogP contribution in [-0.4, -0.2) is 11.1 Å². The maximum atomic E-state index is 11.1. The van der Waals surface area contributed by atoms with E-state index in [1.54, 1.807) is 24.3 Å². The van der Waals surface area contributed by atoms with Crippen LogP contribution in [0.4, 0.5) is 0 Å². The zero-order valence-corrected chi connectivity index (χ0v) is 12.3. The molecular formula is C14H7BrClNO3. The summed E-state index contributed by atoms with van der Waals surface area (Å²) < 4.78 is 6.10. The Morgan fingerprint density at radius 2 is 2.05 bits per heavy atom. The van der Waals surface area contributed by atoms with Crippen LogP contribution in [0.15, 0.2) is 40.9 Å². The minimum Gasteiger partial charge on any atom is -0.478 e. The molecule has 0 aliphatic rings. The van der Waals surface area contributed by atoms with Crippen LogP contribution in [0.25, 0.3) is 0 Å². The average molecular weight is 353 g/mol. The Bertz CT molecular complexity index is 725. The lowest BCUT2D eigenvalue weighted by Gasteiger charge is -2.09. The fourth-order valence-corrected chi connectivity index (χ4v) is 2.15. The van der Waals surface area contributed by atoms with Gasteiger partial charge in [0.15, 0.2) is 0 Å². The third kappa shape index (κ3) is 3.10. The van der Waals surface area contributed by atoms with Gasteiger partial charge in [0.25, 0.3) is 0 Å². The molecule has 4 nitrogen and oxygen atoms in total. The lowest BCUT2D eigenvalue weighted by Crippen LogP contribution is -2.00. The molecule has 0 amide bonds. The first-order valence-electron chi connectivity index (χ1n) is 5.41. The van der Waals surface area contributed by atoms with Crippen molar-refractivity contribution in [2.45, 2.75) is 0 Å². The van der Waals surface area contributed by atoms with Crippen molar-refractivity contribution in [1.82, 2.24) is 0 Å². The highest BCUT2D eigenvalue weighted by Crippen LogP contribution is 2.30. The van der Waals surface area contributed by atoms with Crippen molar-refractivity contribution in [3.63, 3.8) is 0 Å². The number of nitriles is 1. The van der Waals surface area contributed by atoms with Gasteiger partial charge in [0, 0.05) is 9.50 Å². The van der Waals surface area contributed by atoms with Crippen molar-refractivity contribution in [3.8, 4) is 17.6 Å². The Labute approximate surface area is 128 Å². The number of halogens is 2. The molecule has 2 rings (SSSR count). The van der Waals surface area contributed by atoms with Gasteiger partial charge in [-0.3, -0.25) is 0 Å². The van der Waals surface area contributed by atoms with Crippen LogP contribution < -0.4 is 4.74 Å². The summed E-state index contributed by atoms with van der Waals surface area (Å²) >= 11 is 9.01. The third-order valence-corrected chi connectivity index (χ3v) is 3.35. The molecule has 0 heterocycles. The lowest BCUT2D eigenvalue weighted by molar-refractivity contribution is 0.0694. The van der Waals surface area contributed by atoms with Gasteiger partial charge in [-0.15, -0.1) is 0 Å². The quantitative estimate of drug-likeness (QED) is 0.885. The molecule has 0 spiro atoms. The minimum atomic E-state index is -1.13. The smallest absolute Gasteiger partial charge is 0.339 e. The minimum absolute atomic E-state index is 0.0296. The Morgan fingerprint density at radius 3 is 2.65 bits per heavy atom. The van der Waals surface area contributed by atoms with E-state index in [0.29, 0.717) is 20.8 Å². The predicted octanol–water partition coefficient (Wildman–Crippen LogP) is 4.46. The van der Waals surface area contributed by atoms with Crippen molar-refractivity contribution in [2.75, 3.05) is 0 Å². The molecule has 2 aromatic carbocycles. The van der Waals surface area contributed by atoms with Crippen molar-refractivity contribution < 1.29 is 14.6 Å². The average Bonchev–Trinajstić information content (AvgIpc) is 2.41. The van der Waals surface area contributed by atoms with Gasteiger partial charge in [-0.05, 0) is 52.3 Å². The molecule has 0 aliphatic heterocycles. The van der Waals surface area contributed by atoms with E-state index >= 15 is 0 Å². The zero-order valence-electron chi connectivity index (χ0n) is 9.93. The predicted molar refractivity (Wildman–Crippen MR) is 77.3 cm³/mol. The van der Waals surface area contributed by atoms with Crippen molar-refractivity contribution >= 4 is 33.5 Å².